The van der Waals surface area contributed by atoms with Gasteiger partial charge in [0.1, 0.15) is 0 Å². The van der Waals surface area contributed by atoms with Crippen molar-refractivity contribution in [2.45, 2.75) is 46.1 Å². The Hall–Kier alpha value is -3.02. The maximum atomic E-state index is 13.6. The largest absolute Gasteiger partial charge is 0.285 e. The van der Waals surface area contributed by atoms with Crippen molar-refractivity contribution < 1.29 is 19.2 Å². The second-order valence-electron chi connectivity index (χ2n) is 9.93. The SMILES string of the molecule is C=C(C)c1cccc(C(C)(C)N2C(=O)CC(C3C=C(C)C4C(=O)N(C)C(=O)C4C3)C2=O)c1. The fraction of sp³-hybridized carbons (Fsp3) is 0.462. The van der Waals surface area contributed by atoms with Gasteiger partial charge in [0.15, 0.2) is 0 Å². The Kier molecular flexibility index (Phi) is 5.23. The molecule has 0 radical (unpaired) electrons. The summed E-state index contributed by atoms with van der Waals surface area (Å²) in [5.41, 5.74) is 2.76. The fourth-order valence-corrected chi connectivity index (χ4v) is 5.58. The Morgan fingerprint density at radius 1 is 1.06 bits per heavy atom. The van der Waals surface area contributed by atoms with Crippen LogP contribution in [0.3, 0.4) is 0 Å². The van der Waals surface area contributed by atoms with Crippen LogP contribution in [-0.4, -0.2) is 40.5 Å². The van der Waals surface area contributed by atoms with Gasteiger partial charge in [0.2, 0.25) is 23.6 Å². The monoisotopic (exact) mass is 434 g/mol. The molecule has 32 heavy (non-hydrogen) atoms. The van der Waals surface area contributed by atoms with E-state index in [-0.39, 0.29) is 36.0 Å². The van der Waals surface area contributed by atoms with Crippen LogP contribution >= 0.6 is 0 Å². The van der Waals surface area contributed by atoms with Gasteiger partial charge in [-0.15, -0.1) is 0 Å². The molecule has 3 aliphatic rings. The third kappa shape index (κ3) is 3.24. The van der Waals surface area contributed by atoms with Crippen molar-refractivity contribution >= 4 is 29.2 Å². The summed E-state index contributed by atoms with van der Waals surface area (Å²) in [6.07, 6.45) is 2.48. The van der Waals surface area contributed by atoms with Gasteiger partial charge in [0.05, 0.1) is 23.3 Å². The van der Waals surface area contributed by atoms with Gasteiger partial charge >= 0.3 is 0 Å². The molecule has 4 amide bonds. The van der Waals surface area contributed by atoms with E-state index in [0.717, 1.165) is 22.3 Å². The Labute approximate surface area is 188 Å². The number of carbonyl (C=O) groups is 4. The Balaban J connectivity index is 1.63. The lowest BCUT2D eigenvalue weighted by molar-refractivity contribution is -0.146. The summed E-state index contributed by atoms with van der Waals surface area (Å²) in [5.74, 6) is -2.42. The van der Waals surface area contributed by atoms with Gasteiger partial charge in [0, 0.05) is 13.5 Å². The number of nitrogens with zero attached hydrogens (tertiary/aromatic N) is 2. The molecule has 6 nitrogen and oxygen atoms in total. The number of carbonyl (C=O) groups excluding carboxylic acids is 4. The Bertz CT molecular complexity index is 1080. The summed E-state index contributed by atoms with van der Waals surface area (Å²) in [7, 11) is 1.51. The highest BCUT2D eigenvalue weighted by atomic mass is 16.2. The van der Waals surface area contributed by atoms with E-state index < -0.39 is 23.3 Å². The lowest BCUT2D eigenvalue weighted by Gasteiger charge is -2.36. The van der Waals surface area contributed by atoms with Crippen LogP contribution in [0.25, 0.3) is 5.57 Å². The number of amides is 4. The molecule has 0 spiro atoms. The summed E-state index contributed by atoms with van der Waals surface area (Å²) in [6, 6.07) is 7.77. The molecule has 2 fully saturated rings. The second-order valence-corrected chi connectivity index (χ2v) is 9.93. The predicted molar refractivity (Wildman–Crippen MR) is 121 cm³/mol. The first kappa shape index (κ1) is 22.2. The zero-order valence-corrected chi connectivity index (χ0v) is 19.3. The van der Waals surface area contributed by atoms with Crippen LogP contribution in [0, 0.1) is 23.7 Å². The zero-order chi connectivity index (χ0) is 23.5. The normalized spacial score (nSPS) is 28.3. The highest BCUT2D eigenvalue weighted by molar-refractivity contribution is 6.07. The molecule has 2 heterocycles. The van der Waals surface area contributed by atoms with E-state index in [1.165, 1.54) is 16.8 Å². The summed E-state index contributed by atoms with van der Waals surface area (Å²) >= 11 is 0. The number of hydrogen-bond acceptors (Lipinski definition) is 4. The van der Waals surface area contributed by atoms with Crippen LogP contribution in [0.5, 0.6) is 0 Å². The van der Waals surface area contributed by atoms with Gasteiger partial charge in [-0.2, -0.15) is 0 Å². The number of allylic oxidation sites excluding steroid dienone is 2. The van der Waals surface area contributed by atoms with E-state index in [1.54, 1.807) is 0 Å². The van der Waals surface area contributed by atoms with Crippen LogP contribution in [-0.2, 0) is 24.7 Å². The molecule has 0 saturated carbocycles. The Morgan fingerprint density at radius 2 is 1.75 bits per heavy atom. The summed E-state index contributed by atoms with van der Waals surface area (Å²) in [5, 5.41) is 0. The quantitative estimate of drug-likeness (QED) is 0.537. The van der Waals surface area contributed by atoms with E-state index in [9.17, 15) is 19.2 Å². The molecule has 4 unspecified atom stereocenters. The van der Waals surface area contributed by atoms with Crippen molar-refractivity contribution in [1.82, 2.24) is 9.80 Å². The molecule has 0 aromatic heterocycles. The topological polar surface area (TPSA) is 74.8 Å². The number of imide groups is 2. The van der Waals surface area contributed by atoms with Crippen molar-refractivity contribution in [1.29, 1.82) is 0 Å². The molecular weight excluding hydrogens is 404 g/mol. The maximum absolute atomic E-state index is 13.6. The summed E-state index contributed by atoms with van der Waals surface area (Å²) in [4.78, 5) is 54.3. The number of benzene rings is 1. The molecule has 168 valence electrons. The average molecular weight is 435 g/mol. The average Bonchev–Trinajstić information content (AvgIpc) is 3.16. The van der Waals surface area contributed by atoms with Crippen molar-refractivity contribution in [3.8, 4) is 0 Å². The van der Waals surface area contributed by atoms with Crippen LogP contribution < -0.4 is 0 Å². The molecule has 2 saturated heterocycles. The minimum absolute atomic E-state index is 0.117. The highest BCUT2D eigenvalue weighted by Crippen LogP contribution is 2.46. The van der Waals surface area contributed by atoms with Gasteiger partial charge in [-0.25, -0.2) is 0 Å². The van der Waals surface area contributed by atoms with Crippen LogP contribution in [0.4, 0.5) is 0 Å². The molecular formula is C26H30N2O4. The van der Waals surface area contributed by atoms with Crippen LogP contribution in [0.2, 0.25) is 0 Å². The first-order valence-corrected chi connectivity index (χ1v) is 11.1. The molecule has 4 atom stereocenters. The number of hydrogen-bond donors (Lipinski definition) is 0. The minimum Gasteiger partial charge on any atom is -0.285 e. The predicted octanol–water partition coefficient (Wildman–Crippen LogP) is 3.53. The number of rotatable bonds is 4. The first-order valence-electron chi connectivity index (χ1n) is 11.1. The lowest BCUT2D eigenvalue weighted by atomic mass is 9.71. The second kappa shape index (κ2) is 7.54. The van der Waals surface area contributed by atoms with E-state index in [1.807, 2.05) is 58.0 Å². The molecule has 0 N–H and O–H groups in total. The summed E-state index contributed by atoms with van der Waals surface area (Å²) < 4.78 is 0. The molecule has 6 heteroatoms. The zero-order valence-electron chi connectivity index (χ0n) is 19.3. The Morgan fingerprint density at radius 3 is 2.41 bits per heavy atom. The smallest absolute Gasteiger partial charge is 0.236 e. The van der Waals surface area contributed by atoms with E-state index in [4.69, 9.17) is 0 Å². The first-order chi connectivity index (χ1) is 14.9. The van der Waals surface area contributed by atoms with Crippen molar-refractivity contribution in [3.63, 3.8) is 0 Å². The van der Waals surface area contributed by atoms with Gasteiger partial charge in [-0.05, 0) is 57.2 Å². The van der Waals surface area contributed by atoms with Gasteiger partial charge in [0.25, 0.3) is 0 Å². The molecule has 1 aliphatic carbocycles. The van der Waals surface area contributed by atoms with Gasteiger partial charge in [-0.1, -0.05) is 42.0 Å². The molecule has 0 bridgehead atoms. The lowest BCUT2D eigenvalue weighted by Crippen LogP contribution is -2.46. The third-order valence-electron chi connectivity index (χ3n) is 7.46. The van der Waals surface area contributed by atoms with E-state index in [0.29, 0.717) is 6.42 Å². The van der Waals surface area contributed by atoms with E-state index in [2.05, 4.69) is 6.58 Å². The summed E-state index contributed by atoms with van der Waals surface area (Å²) in [6.45, 7) is 11.5. The van der Waals surface area contributed by atoms with Crippen LogP contribution in [0.15, 0.2) is 42.5 Å². The van der Waals surface area contributed by atoms with Gasteiger partial charge < -0.3 is 0 Å². The number of fused-ring (bicyclic) bond motifs is 1. The molecule has 2 aliphatic heterocycles. The number of likely N-dealkylation sites (tertiary alicyclic amines) is 2. The molecule has 1 aromatic carbocycles. The highest BCUT2D eigenvalue weighted by Gasteiger charge is 2.54. The maximum Gasteiger partial charge on any atom is 0.236 e. The van der Waals surface area contributed by atoms with E-state index >= 15 is 0 Å². The fourth-order valence-electron chi connectivity index (χ4n) is 5.58. The molecule has 1 aromatic rings. The molecule has 4 rings (SSSR count). The standard InChI is InChI=1S/C26H30N2O4/c1-14(2)16-8-7-9-18(11-16)26(4,5)28-21(29)13-19(24(28)31)17-10-15(3)22-20(12-17)23(30)27(6)25(22)32/h7-11,17,19-20,22H,1,12-13H2,2-6H3. The van der Waals surface area contributed by atoms with Crippen molar-refractivity contribution in [2.75, 3.05) is 7.05 Å². The van der Waals surface area contributed by atoms with Crippen molar-refractivity contribution in [3.05, 3.63) is 53.6 Å². The van der Waals surface area contributed by atoms with Crippen LogP contribution in [0.1, 0.15) is 51.7 Å². The third-order valence-corrected chi connectivity index (χ3v) is 7.46. The van der Waals surface area contributed by atoms with Crippen molar-refractivity contribution in [2.24, 2.45) is 23.7 Å². The van der Waals surface area contributed by atoms with Gasteiger partial charge in [-0.3, -0.25) is 29.0 Å². The minimum atomic E-state index is -0.816.